The summed E-state index contributed by atoms with van der Waals surface area (Å²) < 4.78 is 1.73. The maximum absolute atomic E-state index is 13.6. The fourth-order valence-corrected chi connectivity index (χ4v) is 5.96. The van der Waals surface area contributed by atoms with Crippen molar-refractivity contribution in [3.63, 3.8) is 0 Å². The molecule has 8 nitrogen and oxygen atoms in total. The smallest absolute Gasteiger partial charge is 0.253 e. The molecule has 0 aromatic carbocycles. The van der Waals surface area contributed by atoms with E-state index >= 15 is 0 Å². The Balaban J connectivity index is 1.39. The number of nitrogens with zero attached hydrogens (tertiary/aromatic N) is 6. The lowest BCUT2D eigenvalue weighted by Gasteiger charge is -2.50. The van der Waals surface area contributed by atoms with Gasteiger partial charge in [-0.05, 0) is 38.8 Å². The SMILES string of the molecule is CC(C)N1CCN(C2(CNC(=O)c3cn(-c4ncccn4)c4nccc(Cl)c34)CCCCC2)CC1. The van der Waals surface area contributed by atoms with Crippen molar-refractivity contribution >= 4 is 28.5 Å². The van der Waals surface area contributed by atoms with Gasteiger partial charge in [-0.1, -0.05) is 30.9 Å². The Bertz CT molecular complexity index is 1170. The molecule has 2 fully saturated rings. The zero-order valence-corrected chi connectivity index (χ0v) is 21.3. The average Bonchev–Trinajstić information content (AvgIpc) is 3.30. The third-order valence-electron chi connectivity index (χ3n) is 7.73. The zero-order valence-electron chi connectivity index (χ0n) is 20.6. The van der Waals surface area contributed by atoms with Crippen molar-refractivity contribution in [2.24, 2.45) is 0 Å². The molecule has 5 rings (SSSR count). The van der Waals surface area contributed by atoms with Gasteiger partial charge < -0.3 is 5.32 Å². The first-order valence-electron chi connectivity index (χ1n) is 12.7. The quantitative estimate of drug-likeness (QED) is 0.558. The van der Waals surface area contributed by atoms with Crippen LogP contribution in [0.25, 0.3) is 17.0 Å². The number of carbonyl (C=O) groups is 1. The Morgan fingerprint density at radius 3 is 2.46 bits per heavy atom. The highest BCUT2D eigenvalue weighted by Gasteiger charge is 2.40. The predicted molar refractivity (Wildman–Crippen MR) is 138 cm³/mol. The Morgan fingerprint density at radius 1 is 1.06 bits per heavy atom. The lowest BCUT2D eigenvalue weighted by Crippen LogP contribution is -2.62. The van der Waals surface area contributed by atoms with E-state index in [1.54, 1.807) is 41.5 Å². The molecule has 1 saturated carbocycles. The molecule has 0 radical (unpaired) electrons. The molecule has 186 valence electrons. The molecule has 1 N–H and O–H groups in total. The van der Waals surface area contributed by atoms with Crippen molar-refractivity contribution in [1.82, 2.24) is 34.6 Å². The first-order chi connectivity index (χ1) is 17.0. The first-order valence-corrected chi connectivity index (χ1v) is 13.1. The van der Waals surface area contributed by atoms with E-state index < -0.39 is 0 Å². The van der Waals surface area contributed by atoms with E-state index in [4.69, 9.17) is 11.6 Å². The van der Waals surface area contributed by atoms with Gasteiger partial charge in [-0.3, -0.25) is 19.2 Å². The average molecular weight is 496 g/mol. The highest BCUT2D eigenvalue weighted by molar-refractivity contribution is 6.36. The molecule has 2 aliphatic rings. The number of pyridine rings is 1. The standard InChI is InChI=1S/C26H34ClN7O/c1-19(2)32-13-15-33(16-14-32)26(8-4-3-5-9-26)18-31-24(35)20-17-34(25-29-10-6-11-30-25)23-22(20)21(27)7-12-28-23/h6-7,10-12,17,19H,3-5,8-9,13-16,18H2,1-2H3,(H,31,35). The van der Waals surface area contributed by atoms with Gasteiger partial charge in [0.2, 0.25) is 5.95 Å². The number of piperazine rings is 1. The van der Waals surface area contributed by atoms with Gasteiger partial charge in [-0.2, -0.15) is 0 Å². The van der Waals surface area contributed by atoms with E-state index in [1.807, 2.05) is 0 Å². The lowest BCUT2D eigenvalue weighted by molar-refractivity contribution is 0.000839. The number of hydrogen-bond acceptors (Lipinski definition) is 6. The minimum atomic E-state index is -0.134. The van der Waals surface area contributed by atoms with Crippen LogP contribution in [0, 0.1) is 0 Å². The molecular weight excluding hydrogens is 462 g/mol. The number of amides is 1. The number of hydrogen-bond donors (Lipinski definition) is 1. The molecule has 0 bridgehead atoms. The molecule has 4 heterocycles. The fourth-order valence-electron chi connectivity index (χ4n) is 5.72. The van der Waals surface area contributed by atoms with Gasteiger partial charge in [0.1, 0.15) is 5.65 Å². The van der Waals surface area contributed by atoms with Crippen molar-refractivity contribution in [2.45, 2.75) is 57.5 Å². The van der Waals surface area contributed by atoms with Gasteiger partial charge in [0.15, 0.2) is 0 Å². The second-order valence-electron chi connectivity index (χ2n) is 10.0. The Labute approximate surface area is 211 Å². The maximum Gasteiger partial charge on any atom is 0.253 e. The molecule has 3 aromatic rings. The van der Waals surface area contributed by atoms with Crippen molar-refractivity contribution in [2.75, 3.05) is 32.7 Å². The third kappa shape index (κ3) is 4.79. The molecule has 1 saturated heterocycles. The Kier molecular flexibility index (Phi) is 7.05. The number of rotatable bonds is 6. The molecule has 35 heavy (non-hydrogen) atoms. The monoisotopic (exact) mass is 495 g/mol. The van der Waals surface area contributed by atoms with Crippen LogP contribution in [0.5, 0.6) is 0 Å². The zero-order chi connectivity index (χ0) is 24.4. The number of carbonyl (C=O) groups excluding carboxylic acids is 1. The predicted octanol–water partition coefficient (Wildman–Crippen LogP) is 3.93. The summed E-state index contributed by atoms with van der Waals surface area (Å²) in [7, 11) is 0. The molecule has 9 heteroatoms. The number of halogens is 1. The summed E-state index contributed by atoms with van der Waals surface area (Å²) in [6, 6.07) is 4.05. The summed E-state index contributed by atoms with van der Waals surface area (Å²) in [6.07, 6.45) is 12.7. The molecule has 0 spiro atoms. The van der Waals surface area contributed by atoms with Crippen LogP contribution < -0.4 is 5.32 Å². The fraction of sp³-hybridized carbons (Fsp3) is 0.538. The summed E-state index contributed by atoms with van der Waals surface area (Å²) in [5.74, 6) is 0.323. The second kappa shape index (κ2) is 10.2. The molecule has 1 aliphatic carbocycles. The summed E-state index contributed by atoms with van der Waals surface area (Å²) in [5.41, 5.74) is 1.09. The lowest BCUT2D eigenvalue weighted by atomic mass is 9.79. The summed E-state index contributed by atoms with van der Waals surface area (Å²) >= 11 is 6.56. The topological polar surface area (TPSA) is 79.2 Å². The van der Waals surface area contributed by atoms with Crippen molar-refractivity contribution in [1.29, 1.82) is 0 Å². The van der Waals surface area contributed by atoms with Crippen LogP contribution in [0.15, 0.2) is 36.9 Å². The van der Waals surface area contributed by atoms with Gasteiger partial charge in [0, 0.05) is 69.1 Å². The largest absolute Gasteiger partial charge is 0.350 e. The van der Waals surface area contributed by atoms with Crippen molar-refractivity contribution < 1.29 is 4.79 Å². The second-order valence-corrected chi connectivity index (χ2v) is 10.4. The van der Waals surface area contributed by atoms with Gasteiger partial charge in [0.25, 0.3) is 5.91 Å². The molecule has 1 amide bonds. The summed E-state index contributed by atoms with van der Waals surface area (Å²) in [6.45, 7) is 9.44. The van der Waals surface area contributed by atoms with E-state index in [0.717, 1.165) is 39.0 Å². The number of nitrogens with one attached hydrogen (secondary N) is 1. The van der Waals surface area contributed by atoms with Crippen molar-refractivity contribution in [3.8, 4) is 5.95 Å². The van der Waals surface area contributed by atoms with Crippen LogP contribution in [0.4, 0.5) is 0 Å². The normalized spacial score (nSPS) is 19.3. The van der Waals surface area contributed by atoms with Crippen LogP contribution in [0.3, 0.4) is 0 Å². The van der Waals surface area contributed by atoms with E-state index in [9.17, 15) is 4.79 Å². The highest BCUT2D eigenvalue weighted by atomic mass is 35.5. The van der Waals surface area contributed by atoms with E-state index in [0.29, 0.717) is 40.2 Å². The molecule has 3 aromatic heterocycles. The summed E-state index contributed by atoms with van der Waals surface area (Å²) in [5, 5.41) is 4.41. The minimum Gasteiger partial charge on any atom is -0.350 e. The van der Waals surface area contributed by atoms with Crippen LogP contribution in [-0.4, -0.2) is 79.5 Å². The Morgan fingerprint density at radius 2 is 1.77 bits per heavy atom. The van der Waals surface area contributed by atoms with E-state index in [1.165, 1.54) is 19.3 Å². The minimum absolute atomic E-state index is 0.0138. The van der Waals surface area contributed by atoms with Gasteiger partial charge in [-0.15, -0.1) is 0 Å². The number of aromatic nitrogens is 4. The number of fused-ring (bicyclic) bond motifs is 1. The Hall–Kier alpha value is -2.55. The highest BCUT2D eigenvalue weighted by Crippen LogP contribution is 2.35. The third-order valence-corrected chi connectivity index (χ3v) is 8.04. The van der Waals surface area contributed by atoms with E-state index in [2.05, 4.69) is 43.9 Å². The van der Waals surface area contributed by atoms with Gasteiger partial charge in [-0.25, -0.2) is 15.0 Å². The van der Waals surface area contributed by atoms with Gasteiger partial charge >= 0.3 is 0 Å². The first kappa shape index (κ1) is 24.2. The summed E-state index contributed by atoms with van der Waals surface area (Å²) in [4.78, 5) is 31.9. The van der Waals surface area contributed by atoms with E-state index in [-0.39, 0.29) is 11.4 Å². The maximum atomic E-state index is 13.6. The van der Waals surface area contributed by atoms with Crippen LogP contribution in [0.1, 0.15) is 56.3 Å². The molecule has 0 unspecified atom stereocenters. The van der Waals surface area contributed by atoms with Crippen LogP contribution >= 0.6 is 11.6 Å². The molecular formula is C26H34ClN7O. The molecule has 1 aliphatic heterocycles. The van der Waals surface area contributed by atoms with Gasteiger partial charge in [0.05, 0.1) is 16.0 Å². The van der Waals surface area contributed by atoms with Crippen LogP contribution in [0.2, 0.25) is 5.02 Å². The van der Waals surface area contributed by atoms with Crippen molar-refractivity contribution in [3.05, 3.63) is 47.5 Å². The molecule has 0 atom stereocenters. The van der Waals surface area contributed by atoms with Crippen LogP contribution in [-0.2, 0) is 0 Å².